The molecule has 0 radical (unpaired) electrons. The van der Waals surface area contributed by atoms with Crippen LogP contribution in [0, 0.1) is 18.3 Å². The number of hydrogen-bond donors (Lipinski definition) is 0. The monoisotopic (exact) mass is 342 g/mol. The summed E-state index contributed by atoms with van der Waals surface area (Å²) in [6.45, 7) is 2.88. The Labute approximate surface area is 147 Å². The number of aryl methyl sites for hydroxylation is 1. The summed E-state index contributed by atoms with van der Waals surface area (Å²) in [5, 5.41) is 10.2. The van der Waals surface area contributed by atoms with Gasteiger partial charge in [0.15, 0.2) is 5.82 Å². The Bertz CT molecular complexity index is 723. The fraction of sp³-hybridized carbons (Fsp3) is 0.389. The quantitative estimate of drug-likeness (QED) is 0.437. The summed E-state index contributed by atoms with van der Waals surface area (Å²) in [5.74, 6) is 2.36. The molecule has 0 aliphatic carbocycles. The Hall–Kier alpha value is -2.10. The lowest BCUT2D eigenvalue weighted by molar-refractivity contribution is 0.410. The van der Waals surface area contributed by atoms with Crippen LogP contribution in [0.1, 0.15) is 17.7 Å². The fourth-order valence-electron chi connectivity index (χ4n) is 2.20. The summed E-state index contributed by atoms with van der Waals surface area (Å²) in [7, 11) is 5.75. The largest absolute Gasteiger partial charge is 0.497 e. The molecule has 126 valence electrons. The molecule has 1 aromatic carbocycles. The van der Waals surface area contributed by atoms with Gasteiger partial charge in [0, 0.05) is 11.3 Å². The SMILES string of the molecule is COc1ccc(-c2nc(C)c(C#N)c(SCCCN(C)C)n2)cc1. The van der Waals surface area contributed by atoms with Crippen LogP contribution in [-0.4, -0.2) is 48.4 Å². The zero-order chi connectivity index (χ0) is 17.5. The highest BCUT2D eigenvalue weighted by molar-refractivity contribution is 7.99. The number of nitrogens with zero attached hydrogens (tertiary/aromatic N) is 4. The van der Waals surface area contributed by atoms with Gasteiger partial charge in [-0.2, -0.15) is 5.26 Å². The lowest BCUT2D eigenvalue weighted by atomic mass is 10.2. The first-order valence-electron chi connectivity index (χ1n) is 7.76. The van der Waals surface area contributed by atoms with Crippen LogP contribution in [0.2, 0.25) is 0 Å². The van der Waals surface area contributed by atoms with E-state index in [2.05, 4.69) is 35.0 Å². The van der Waals surface area contributed by atoms with Gasteiger partial charge in [-0.25, -0.2) is 9.97 Å². The summed E-state index contributed by atoms with van der Waals surface area (Å²) in [6, 6.07) is 9.87. The Balaban J connectivity index is 2.25. The minimum Gasteiger partial charge on any atom is -0.497 e. The number of ether oxygens (including phenoxy) is 1. The van der Waals surface area contributed by atoms with E-state index in [1.54, 1.807) is 18.9 Å². The van der Waals surface area contributed by atoms with Crippen molar-refractivity contribution in [1.29, 1.82) is 5.26 Å². The Kier molecular flexibility index (Phi) is 6.59. The maximum atomic E-state index is 9.41. The molecule has 0 fully saturated rings. The molecular weight excluding hydrogens is 320 g/mol. The Morgan fingerprint density at radius 2 is 1.92 bits per heavy atom. The van der Waals surface area contributed by atoms with E-state index in [0.717, 1.165) is 35.1 Å². The molecule has 6 heteroatoms. The lowest BCUT2D eigenvalue weighted by Gasteiger charge is -2.11. The number of nitriles is 1. The zero-order valence-corrected chi connectivity index (χ0v) is 15.4. The van der Waals surface area contributed by atoms with E-state index in [-0.39, 0.29) is 0 Å². The molecule has 24 heavy (non-hydrogen) atoms. The maximum Gasteiger partial charge on any atom is 0.160 e. The van der Waals surface area contributed by atoms with Gasteiger partial charge in [-0.3, -0.25) is 0 Å². The summed E-state index contributed by atoms with van der Waals surface area (Å²) in [4.78, 5) is 11.3. The Morgan fingerprint density at radius 3 is 2.50 bits per heavy atom. The van der Waals surface area contributed by atoms with Gasteiger partial charge in [0.05, 0.1) is 12.8 Å². The van der Waals surface area contributed by atoms with Gasteiger partial charge >= 0.3 is 0 Å². The number of hydrogen-bond acceptors (Lipinski definition) is 6. The average molecular weight is 342 g/mol. The van der Waals surface area contributed by atoms with Crippen molar-refractivity contribution in [2.45, 2.75) is 18.4 Å². The van der Waals surface area contributed by atoms with Crippen molar-refractivity contribution in [2.75, 3.05) is 33.5 Å². The van der Waals surface area contributed by atoms with E-state index in [0.29, 0.717) is 17.1 Å². The third kappa shape index (κ3) is 4.70. The minimum absolute atomic E-state index is 0.571. The molecule has 1 heterocycles. The van der Waals surface area contributed by atoms with Crippen molar-refractivity contribution < 1.29 is 4.74 Å². The Morgan fingerprint density at radius 1 is 1.21 bits per heavy atom. The van der Waals surface area contributed by atoms with Crippen LogP contribution in [0.5, 0.6) is 5.75 Å². The van der Waals surface area contributed by atoms with Crippen LogP contribution in [-0.2, 0) is 0 Å². The van der Waals surface area contributed by atoms with Crippen molar-refractivity contribution in [1.82, 2.24) is 14.9 Å². The van der Waals surface area contributed by atoms with Crippen molar-refractivity contribution in [3.8, 4) is 23.2 Å². The molecule has 0 spiro atoms. The predicted octanol–water partition coefficient (Wildman–Crippen LogP) is 3.38. The highest BCUT2D eigenvalue weighted by atomic mass is 32.2. The van der Waals surface area contributed by atoms with Crippen LogP contribution in [0.3, 0.4) is 0 Å². The van der Waals surface area contributed by atoms with Gasteiger partial charge in [0.25, 0.3) is 0 Å². The molecule has 0 aliphatic rings. The second kappa shape index (κ2) is 8.67. The molecule has 0 unspecified atom stereocenters. The zero-order valence-electron chi connectivity index (χ0n) is 14.5. The highest BCUT2D eigenvalue weighted by Crippen LogP contribution is 2.27. The molecular formula is C18H22N4OS. The highest BCUT2D eigenvalue weighted by Gasteiger charge is 2.13. The van der Waals surface area contributed by atoms with E-state index in [9.17, 15) is 5.26 Å². The van der Waals surface area contributed by atoms with E-state index in [1.165, 1.54) is 0 Å². The number of rotatable bonds is 7. The molecule has 1 aromatic heterocycles. The van der Waals surface area contributed by atoms with Gasteiger partial charge in [-0.05, 0) is 58.3 Å². The van der Waals surface area contributed by atoms with Crippen LogP contribution in [0.15, 0.2) is 29.3 Å². The number of methoxy groups -OCH3 is 1. The molecule has 0 atom stereocenters. The van der Waals surface area contributed by atoms with E-state index in [4.69, 9.17) is 4.74 Å². The van der Waals surface area contributed by atoms with Crippen molar-refractivity contribution >= 4 is 11.8 Å². The topological polar surface area (TPSA) is 62.0 Å². The summed E-state index contributed by atoms with van der Waals surface area (Å²) < 4.78 is 5.18. The first kappa shape index (κ1) is 18.2. The van der Waals surface area contributed by atoms with Crippen molar-refractivity contribution in [2.24, 2.45) is 0 Å². The first-order valence-corrected chi connectivity index (χ1v) is 8.74. The van der Waals surface area contributed by atoms with Crippen molar-refractivity contribution in [3.05, 3.63) is 35.5 Å². The standard InChI is InChI=1S/C18H22N4OS/c1-13-16(12-19)18(24-11-5-10-22(2)3)21-17(20-13)14-6-8-15(23-4)9-7-14/h6-9H,5,10-11H2,1-4H3. The summed E-state index contributed by atoms with van der Waals surface area (Å²) in [6.07, 6.45) is 1.05. The predicted molar refractivity (Wildman–Crippen MR) is 97.4 cm³/mol. The number of aromatic nitrogens is 2. The molecule has 0 saturated carbocycles. The minimum atomic E-state index is 0.571. The molecule has 5 nitrogen and oxygen atoms in total. The summed E-state index contributed by atoms with van der Waals surface area (Å²) in [5.41, 5.74) is 2.20. The van der Waals surface area contributed by atoms with Gasteiger partial charge in [0.1, 0.15) is 22.4 Å². The number of benzene rings is 1. The van der Waals surface area contributed by atoms with Crippen LogP contribution >= 0.6 is 11.8 Å². The summed E-state index contributed by atoms with van der Waals surface area (Å²) >= 11 is 1.62. The molecule has 0 saturated heterocycles. The van der Waals surface area contributed by atoms with Gasteiger partial charge in [0.2, 0.25) is 0 Å². The third-order valence-corrected chi connectivity index (χ3v) is 4.57. The fourth-order valence-corrected chi connectivity index (χ4v) is 3.15. The smallest absolute Gasteiger partial charge is 0.160 e. The van der Waals surface area contributed by atoms with Crippen LogP contribution in [0.4, 0.5) is 0 Å². The van der Waals surface area contributed by atoms with Crippen LogP contribution < -0.4 is 4.74 Å². The van der Waals surface area contributed by atoms with Gasteiger partial charge < -0.3 is 9.64 Å². The number of thioether (sulfide) groups is 1. The molecule has 2 aromatic rings. The van der Waals surface area contributed by atoms with E-state index < -0.39 is 0 Å². The molecule has 0 amide bonds. The van der Waals surface area contributed by atoms with Crippen molar-refractivity contribution in [3.63, 3.8) is 0 Å². The second-order valence-corrected chi connectivity index (χ2v) is 6.74. The average Bonchev–Trinajstić information content (AvgIpc) is 2.58. The third-order valence-electron chi connectivity index (χ3n) is 3.51. The van der Waals surface area contributed by atoms with Gasteiger partial charge in [-0.15, -0.1) is 11.8 Å². The first-order chi connectivity index (χ1) is 11.5. The maximum absolute atomic E-state index is 9.41. The van der Waals surface area contributed by atoms with Gasteiger partial charge in [-0.1, -0.05) is 0 Å². The normalized spacial score (nSPS) is 10.7. The van der Waals surface area contributed by atoms with E-state index in [1.807, 2.05) is 31.2 Å². The molecule has 2 rings (SSSR count). The molecule has 0 aliphatic heterocycles. The van der Waals surface area contributed by atoms with Crippen LogP contribution in [0.25, 0.3) is 11.4 Å². The second-order valence-electron chi connectivity index (χ2n) is 5.66. The lowest BCUT2D eigenvalue weighted by Crippen LogP contribution is -2.13. The molecule has 0 bridgehead atoms. The van der Waals surface area contributed by atoms with E-state index >= 15 is 0 Å². The molecule has 0 N–H and O–H groups in total.